The Morgan fingerprint density at radius 1 is 0.934 bits per heavy atom. The molecule has 1 aromatic heterocycles. The zero-order valence-electron chi connectivity index (χ0n) is 35.8. The van der Waals surface area contributed by atoms with Crippen LogP contribution >= 0.6 is 11.3 Å². The predicted octanol–water partition coefficient (Wildman–Crippen LogP) is 6.89. The molecule has 1 spiro atoms. The molecule has 61 heavy (non-hydrogen) atoms. The van der Waals surface area contributed by atoms with Gasteiger partial charge in [0, 0.05) is 50.2 Å². The fourth-order valence-corrected chi connectivity index (χ4v) is 11.2. The van der Waals surface area contributed by atoms with Crippen molar-refractivity contribution in [3.8, 4) is 11.5 Å². The first-order valence-corrected chi connectivity index (χ1v) is 23.8. The second-order valence-corrected chi connectivity index (χ2v) is 18.9. The Morgan fingerprint density at radius 2 is 1.74 bits per heavy atom. The molecule has 2 saturated carbocycles. The van der Waals surface area contributed by atoms with Gasteiger partial charge in [0.25, 0.3) is 11.8 Å². The Kier molecular flexibility index (Phi) is 15.0. The zero-order chi connectivity index (χ0) is 42.0. The van der Waals surface area contributed by atoms with E-state index in [0.29, 0.717) is 82.7 Å². The molecule has 8 rings (SSSR count). The first kappa shape index (κ1) is 43.6. The number of morpholine rings is 1. The first-order valence-electron chi connectivity index (χ1n) is 23.0. The van der Waals surface area contributed by atoms with Gasteiger partial charge < -0.3 is 39.8 Å². The minimum absolute atomic E-state index is 0.00181. The molecule has 330 valence electrons. The Hall–Kier alpha value is -4.01. The molecule has 2 aromatic carbocycles. The highest BCUT2D eigenvalue weighted by atomic mass is 32.1. The molecule has 13 heteroatoms. The summed E-state index contributed by atoms with van der Waals surface area (Å²) in [5, 5.41) is 16.4. The molecule has 3 aromatic rings. The fourth-order valence-electron chi connectivity index (χ4n) is 10.1. The maximum Gasteiger partial charge on any atom is 0.264 e. The van der Waals surface area contributed by atoms with E-state index in [9.17, 15) is 19.5 Å². The molecule has 0 bridgehead atoms. The van der Waals surface area contributed by atoms with Gasteiger partial charge in [-0.3, -0.25) is 19.3 Å². The van der Waals surface area contributed by atoms with Gasteiger partial charge in [0.2, 0.25) is 5.91 Å². The number of ether oxygens (including phenoxy) is 3. The summed E-state index contributed by atoms with van der Waals surface area (Å²) < 4.78 is 18.1. The zero-order valence-corrected chi connectivity index (χ0v) is 36.6. The number of nitrogens with one attached hydrogen (secondary N) is 2. The molecule has 3 amide bonds. The van der Waals surface area contributed by atoms with Crippen LogP contribution in [0.15, 0.2) is 48.5 Å². The topological polar surface area (TPSA) is 133 Å². The number of piperidine rings is 1. The third-order valence-corrected chi connectivity index (χ3v) is 14.8. The largest absolute Gasteiger partial charge is 0.506 e. The van der Waals surface area contributed by atoms with Gasteiger partial charge in [0.05, 0.1) is 43.3 Å². The van der Waals surface area contributed by atoms with Gasteiger partial charge in [0.15, 0.2) is 12.4 Å². The van der Waals surface area contributed by atoms with Gasteiger partial charge in [-0.15, -0.1) is 11.3 Å². The summed E-state index contributed by atoms with van der Waals surface area (Å²) in [5.41, 5.74) is 3.53. The number of hydrogen-bond acceptors (Lipinski definition) is 10. The van der Waals surface area contributed by atoms with E-state index < -0.39 is 0 Å². The number of phenolic OH excluding ortho intramolecular Hbond substituents is 1. The van der Waals surface area contributed by atoms with Crippen molar-refractivity contribution in [3.05, 3.63) is 75.0 Å². The Morgan fingerprint density at radius 3 is 2.57 bits per heavy atom. The lowest BCUT2D eigenvalue weighted by Crippen LogP contribution is -2.57. The van der Waals surface area contributed by atoms with Gasteiger partial charge in [-0.1, -0.05) is 62.4 Å². The Balaban J connectivity index is 0.739. The van der Waals surface area contributed by atoms with Gasteiger partial charge >= 0.3 is 0 Å². The summed E-state index contributed by atoms with van der Waals surface area (Å²) in [6.07, 6.45) is 14.5. The van der Waals surface area contributed by atoms with Crippen LogP contribution in [0.3, 0.4) is 0 Å². The van der Waals surface area contributed by atoms with Crippen molar-refractivity contribution < 1.29 is 33.7 Å². The fraction of sp³-hybridized carbons (Fsp3) is 0.604. The van der Waals surface area contributed by atoms with Crippen LogP contribution in [-0.2, 0) is 38.4 Å². The number of thiophene rings is 1. The van der Waals surface area contributed by atoms with Crippen molar-refractivity contribution in [2.45, 2.75) is 114 Å². The molecule has 0 unspecified atom stereocenters. The first-order chi connectivity index (χ1) is 29.8. The summed E-state index contributed by atoms with van der Waals surface area (Å²) in [7, 11) is 0. The maximum atomic E-state index is 13.6. The van der Waals surface area contributed by atoms with Gasteiger partial charge in [0.1, 0.15) is 11.4 Å². The van der Waals surface area contributed by atoms with E-state index in [1.807, 2.05) is 11.0 Å². The molecule has 3 N–H and O–H groups in total. The number of benzene rings is 2. The molecule has 2 saturated heterocycles. The van der Waals surface area contributed by atoms with E-state index in [0.717, 1.165) is 75.0 Å². The van der Waals surface area contributed by atoms with E-state index in [-0.39, 0.29) is 41.7 Å². The minimum Gasteiger partial charge on any atom is -0.506 e. The predicted molar refractivity (Wildman–Crippen MR) is 238 cm³/mol. The van der Waals surface area contributed by atoms with Gasteiger partial charge in [-0.2, -0.15) is 0 Å². The van der Waals surface area contributed by atoms with Crippen LogP contribution in [0.25, 0.3) is 0 Å². The molecule has 0 radical (unpaired) electrons. The van der Waals surface area contributed by atoms with Crippen molar-refractivity contribution in [3.63, 3.8) is 0 Å². The normalized spacial score (nSPS) is 19.7. The third-order valence-electron chi connectivity index (χ3n) is 13.6. The second-order valence-electron chi connectivity index (χ2n) is 17.8. The average molecular weight is 856 g/mol. The van der Waals surface area contributed by atoms with Crippen molar-refractivity contribution in [2.24, 2.45) is 0 Å². The number of amides is 3. The molecule has 4 heterocycles. The van der Waals surface area contributed by atoms with Crippen molar-refractivity contribution in [1.82, 2.24) is 20.0 Å². The lowest BCUT2D eigenvalue weighted by molar-refractivity contribution is -0.135. The van der Waals surface area contributed by atoms with E-state index in [4.69, 9.17) is 14.2 Å². The number of fused-ring (bicyclic) bond motifs is 1. The van der Waals surface area contributed by atoms with Crippen LogP contribution in [-0.4, -0.2) is 121 Å². The second kappa shape index (κ2) is 20.9. The van der Waals surface area contributed by atoms with Gasteiger partial charge in [-0.25, -0.2) is 0 Å². The standard InChI is InChI=1S/C48H65N5O7S/c54-40-14-13-38(46-45(40)50-43(55)33-59-46)17-22-49-23-26-53(39-11-2-1-3-12-39)44(56)19-29-58-28-18-35-7-6-8-36(31-35)32-51-24-20-48(21-25-51)34-52(27-30-60-48)47(57)42-16-15-41(61-42)37-9-4-5-10-37/h6-8,13-16,31,37,39,49,54H,1-5,9-12,17-30,32-34H2,(H,50,55). The highest BCUT2D eigenvalue weighted by molar-refractivity contribution is 7.14. The monoisotopic (exact) mass is 855 g/mol. The smallest absolute Gasteiger partial charge is 0.264 e. The number of carbonyl (C=O) groups is 3. The highest BCUT2D eigenvalue weighted by Crippen LogP contribution is 2.40. The van der Waals surface area contributed by atoms with Gasteiger partial charge in [-0.05, 0) is 98.7 Å². The average Bonchev–Trinajstić information content (AvgIpc) is 4.01. The maximum absolute atomic E-state index is 13.6. The van der Waals surface area contributed by atoms with Crippen molar-refractivity contribution in [1.29, 1.82) is 0 Å². The molecule has 5 aliphatic rings. The summed E-state index contributed by atoms with van der Waals surface area (Å²) in [6.45, 7) is 7.66. The third kappa shape index (κ3) is 11.3. The van der Waals surface area contributed by atoms with Crippen molar-refractivity contribution >= 4 is 34.7 Å². The van der Waals surface area contributed by atoms with Crippen LogP contribution in [0.2, 0.25) is 0 Å². The molecule has 2 aliphatic carbocycles. The molecular weight excluding hydrogens is 791 g/mol. The Bertz CT molecular complexity index is 1950. The number of anilines is 1. The Labute approximate surface area is 365 Å². The van der Waals surface area contributed by atoms with E-state index in [2.05, 4.69) is 56.8 Å². The SMILES string of the molecule is O=C1COc2c(CCNCCN(C(=O)CCOCCc3cccc(CN4CCC5(CC4)CN(C(=O)c4ccc(C6CCCC6)s4)CCO5)c3)C3CCCCC3)ccc(O)c2N1. The number of phenols is 1. The van der Waals surface area contributed by atoms with Crippen LogP contribution in [0.1, 0.15) is 114 Å². The summed E-state index contributed by atoms with van der Waals surface area (Å²) in [5.74, 6) is 1.22. The van der Waals surface area contributed by atoms with Crippen LogP contribution in [0, 0.1) is 0 Å². The number of aromatic hydroxyl groups is 1. The summed E-state index contributed by atoms with van der Waals surface area (Å²) in [4.78, 5) is 47.8. The quantitative estimate of drug-likeness (QED) is 0.0982. The number of rotatable bonds is 17. The van der Waals surface area contributed by atoms with E-state index in [1.165, 1.54) is 48.1 Å². The minimum atomic E-state index is -0.278. The number of nitrogens with zero attached hydrogens (tertiary/aromatic N) is 3. The van der Waals surface area contributed by atoms with Crippen LogP contribution in [0.4, 0.5) is 5.69 Å². The van der Waals surface area contributed by atoms with Crippen LogP contribution in [0.5, 0.6) is 11.5 Å². The van der Waals surface area contributed by atoms with Crippen LogP contribution < -0.4 is 15.4 Å². The summed E-state index contributed by atoms with van der Waals surface area (Å²) >= 11 is 1.71. The number of likely N-dealkylation sites (tertiary alicyclic amines) is 1. The molecule has 4 fully saturated rings. The van der Waals surface area contributed by atoms with Crippen molar-refractivity contribution in [2.75, 3.05) is 77.6 Å². The van der Waals surface area contributed by atoms with E-state index in [1.54, 1.807) is 17.4 Å². The highest BCUT2D eigenvalue weighted by Gasteiger charge is 2.41. The molecular formula is C48H65N5O7S. The lowest BCUT2D eigenvalue weighted by Gasteiger charge is -2.47. The van der Waals surface area contributed by atoms with E-state index >= 15 is 0 Å². The molecule has 3 aliphatic heterocycles. The molecule has 12 nitrogen and oxygen atoms in total. The summed E-state index contributed by atoms with van der Waals surface area (Å²) in [6, 6.07) is 16.7. The number of carbonyl (C=O) groups excluding carboxylic acids is 3. The lowest BCUT2D eigenvalue weighted by atomic mass is 9.89. The molecule has 0 atom stereocenters. The number of hydrogen-bond donors (Lipinski definition) is 3.